The van der Waals surface area contributed by atoms with Gasteiger partial charge in [-0.1, -0.05) is 29.8 Å². The Morgan fingerprint density at radius 2 is 1.89 bits per heavy atom. The molecule has 1 amide bonds. The van der Waals surface area contributed by atoms with E-state index in [1.807, 2.05) is 42.5 Å². The SMILES string of the molecule is O=C1CCN(Cl)C2=CC=CC3=NC(Nc4ccc(C(=O)NCc5ccc(Cl)cc5)cc4)=NCC23C1. The minimum absolute atomic E-state index is 0.151. The Balaban J connectivity index is 1.25. The van der Waals surface area contributed by atoms with E-state index in [0.717, 1.165) is 22.7 Å². The lowest BCUT2D eigenvalue weighted by Gasteiger charge is -2.39. The zero-order valence-electron chi connectivity index (χ0n) is 18.8. The minimum atomic E-state index is -0.624. The zero-order chi connectivity index (χ0) is 24.4. The van der Waals surface area contributed by atoms with Crippen molar-refractivity contribution >= 4 is 52.4 Å². The van der Waals surface area contributed by atoms with Crippen LogP contribution in [0.25, 0.3) is 0 Å². The van der Waals surface area contributed by atoms with Crippen LogP contribution in [0.3, 0.4) is 0 Å². The molecular weight excluding hydrogens is 485 g/mol. The van der Waals surface area contributed by atoms with Gasteiger partial charge in [0.15, 0.2) is 0 Å². The van der Waals surface area contributed by atoms with Gasteiger partial charge in [0.25, 0.3) is 5.91 Å². The molecular formula is C26H23Cl2N5O2. The largest absolute Gasteiger partial charge is 0.348 e. The molecule has 1 atom stereocenters. The van der Waals surface area contributed by atoms with Crippen LogP contribution in [0.5, 0.6) is 0 Å². The third kappa shape index (κ3) is 4.88. The lowest BCUT2D eigenvalue weighted by molar-refractivity contribution is -0.119. The number of anilines is 1. The average molecular weight is 508 g/mol. The van der Waals surface area contributed by atoms with Gasteiger partial charge in [-0.3, -0.25) is 14.0 Å². The number of aliphatic imine (C=N–C) groups is 2. The second kappa shape index (κ2) is 9.68. The predicted molar refractivity (Wildman–Crippen MR) is 139 cm³/mol. The number of carbonyl (C=O) groups is 2. The standard InChI is InChI=1S/C26H23Cl2N5O2/c27-19-8-4-17(5-9-19)15-29-24(35)18-6-10-20(11-7-18)31-25-30-16-26-14-21(34)12-13-33(28)23(26)3-1-2-22(26)32-25/h1-11H,12-16H2,(H,29,35)(H,30,31). The van der Waals surface area contributed by atoms with Crippen LogP contribution in [0.1, 0.15) is 28.8 Å². The summed E-state index contributed by atoms with van der Waals surface area (Å²) in [5, 5.41) is 6.77. The molecule has 0 bridgehead atoms. The molecule has 5 rings (SSSR count). The van der Waals surface area contributed by atoms with E-state index in [2.05, 4.69) is 15.6 Å². The molecule has 1 spiro atoms. The van der Waals surface area contributed by atoms with E-state index in [1.54, 1.807) is 28.7 Å². The van der Waals surface area contributed by atoms with Crippen LogP contribution in [-0.4, -0.2) is 40.9 Å². The highest BCUT2D eigenvalue weighted by Gasteiger charge is 2.47. The van der Waals surface area contributed by atoms with Crippen molar-refractivity contribution in [2.45, 2.75) is 19.4 Å². The Bertz CT molecular complexity index is 1280. The Kier molecular flexibility index (Phi) is 6.45. The highest BCUT2D eigenvalue weighted by Crippen LogP contribution is 2.43. The van der Waals surface area contributed by atoms with Crippen LogP contribution >= 0.6 is 23.4 Å². The number of rotatable bonds is 4. The first-order valence-electron chi connectivity index (χ1n) is 11.3. The molecule has 35 heavy (non-hydrogen) atoms. The lowest BCUT2D eigenvalue weighted by Crippen LogP contribution is -2.44. The first-order chi connectivity index (χ1) is 16.9. The molecule has 1 saturated heterocycles. The summed E-state index contributed by atoms with van der Waals surface area (Å²) < 4.78 is 1.62. The van der Waals surface area contributed by atoms with Crippen molar-refractivity contribution in [1.29, 1.82) is 0 Å². The molecule has 2 N–H and O–H groups in total. The molecule has 1 aliphatic carbocycles. The first-order valence-corrected chi connectivity index (χ1v) is 12.0. The van der Waals surface area contributed by atoms with Gasteiger partial charge in [0.05, 0.1) is 17.7 Å². The fourth-order valence-electron chi connectivity index (χ4n) is 4.45. The average Bonchev–Trinajstić information content (AvgIpc) is 2.99. The number of nitrogens with one attached hydrogen (secondary N) is 2. The Morgan fingerprint density at radius 1 is 1.11 bits per heavy atom. The van der Waals surface area contributed by atoms with E-state index in [9.17, 15) is 9.59 Å². The molecule has 9 heteroatoms. The number of allylic oxidation sites excluding steroid dienone is 3. The van der Waals surface area contributed by atoms with Crippen molar-refractivity contribution in [3.63, 3.8) is 0 Å². The van der Waals surface area contributed by atoms with Crippen LogP contribution in [0.4, 0.5) is 5.69 Å². The van der Waals surface area contributed by atoms with E-state index >= 15 is 0 Å². The molecule has 2 aromatic rings. The third-order valence-electron chi connectivity index (χ3n) is 6.33. The normalized spacial score (nSPS) is 21.1. The summed E-state index contributed by atoms with van der Waals surface area (Å²) >= 11 is 12.4. The van der Waals surface area contributed by atoms with Gasteiger partial charge in [-0.05, 0) is 54.1 Å². The Labute approximate surface area is 213 Å². The number of carbonyl (C=O) groups excluding carboxylic acids is 2. The number of hydrogen-bond donors (Lipinski definition) is 2. The van der Waals surface area contributed by atoms with E-state index in [4.69, 9.17) is 28.4 Å². The molecule has 178 valence electrons. The number of guanidine groups is 1. The minimum Gasteiger partial charge on any atom is -0.348 e. The Hall–Kier alpha value is -3.42. The fourth-order valence-corrected chi connectivity index (χ4v) is 4.88. The zero-order valence-corrected chi connectivity index (χ0v) is 20.3. The van der Waals surface area contributed by atoms with Crippen LogP contribution in [0.15, 0.2) is 82.4 Å². The van der Waals surface area contributed by atoms with Crippen LogP contribution in [0.2, 0.25) is 5.02 Å². The van der Waals surface area contributed by atoms with Gasteiger partial charge in [0, 0.05) is 59.7 Å². The summed E-state index contributed by atoms with van der Waals surface area (Å²) in [7, 11) is 0. The molecule has 2 heterocycles. The summed E-state index contributed by atoms with van der Waals surface area (Å²) in [5.41, 5.74) is 3.28. The van der Waals surface area contributed by atoms with Crippen molar-refractivity contribution in [3.05, 3.63) is 88.6 Å². The number of nitrogens with zero attached hydrogens (tertiary/aromatic N) is 3. The Morgan fingerprint density at radius 3 is 2.66 bits per heavy atom. The fraction of sp³-hybridized carbons (Fsp3) is 0.231. The highest BCUT2D eigenvalue weighted by atomic mass is 35.5. The number of amides is 1. The molecule has 0 radical (unpaired) electrons. The van der Waals surface area contributed by atoms with Gasteiger partial charge < -0.3 is 10.6 Å². The van der Waals surface area contributed by atoms with Crippen LogP contribution < -0.4 is 10.6 Å². The second-order valence-electron chi connectivity index (χ2n) is 8.69. The molecule has 1 fully saturated rings. The number of benzene rings is 2. The molecule has 3 aliphatic rings. The summed E-state index contributed by atoms with van der Waals surface area (Å²) in [4.78, 5) is 34.3. The van der Waals surface area contributed by atoms with Gasteiger partial charge in [-0.25, -0.2) is 9.98 Å². The van der Waals surface area contributed by atoms with Crippen LogP contribution in [0, 0.1) is 5.41 Å². The van der Waals surface area contributed by atoms with E-state index in [-0.39, 0.29) is 11.7 Å². The summed E-state index contributed by atoms with van der Waals surface area (Å²) in [6.45, 7) is 1.27. The van der Waals surface area contributed by atoms with Crippen molar-refractivity contribution in [2.24, 2.45) is 15.4 Å². The number of halogens is 2. The molecule has 0 aromatic heterocycles. The first kappa shape index (κ1) is 23.3. The van der Waals surface area contributed by atoms with Crippen molar-refractivity contribution < 1.29 is 9.59 Å². The molecule has 1 unspecified atom stereocenters. The maximum atomic E-state index is 12.5. The molecule has 0 saturated carbocycles. The summed E-state index contributed by atoms with van der Waals surface area (Å²) in [5.74, 6) is 0.437. The quantitative estimate of drug-likeness (QED) is 0.584. The number of hydrogen-bond acceptors (Lipinski definition) is 6. The monoisotopic (exact) mass is 507 g/mol. The molecule has 2 aliphatic heterocycles. The topological polar surface area (TPSA) is 86.2 Å². The number of ketones is 1. The molecule has 2 aromatic carbocycles. The summed E-state index contributed by atoms with van der Waals surface area (Å²) in [6, 6.07) is 14.4. The van der Waals surface area contributed by atoms with Gasteiger partial charge in [0.2, 0.25) is 5.96 Å². The van der Waals surface area contributed by atoms with Crippen molar-refractivity contribution in [3.8, 4) is 0 Å². The molecule has 7 nitrogen and oxygen atoms in total. The van der Waals surface area contributed by atoms with Gasteiger partial charge in [0.1, 0.15) is 5.78 Å². The van der Waals surface area contributed by atoms with Gasteiger partial charge in [-0.2, -0.15) is 0 Å². The van der Waals surface area contributed by atoms with E-state index in [1.165, 1.54) is 0 Å². The van der Waals surface area contributed by atoms with Gasteiger partial charge in [-0.15, -0.1) is 0 Å². The highest BCUT2D eigenvalue weighted by molar-refractivity contribution is 6.30. The van der Waals surface area contributed by atoms with Crippen molar-refractivity contribution in [1.82, 2.24) is 9.74 Å². The third-order valence-corrected chi connectivity index (χ3v) is 6.93. The van der Waals surface area contributed by atoms with Crippen LogP contribution in [-0.2, 0) is 11.3 Å². The maximum Gasteiger partial charge on any atom is 0.251 e. The summed E-state index contributed by atoms with van der Waals surface area (Å²) in [6.07, 6.45) is 6.50. The second-order valence-corrected chi connectivity index (χ2v) is 9.54. The predicted octanol–water partition coefficient (Wildman–Crippen LogP) is 4.75. The smallest absolute Gasteiger partial charge is 0.251 e. The van der Waals surface area contributed by atoms with E-state index < -0.39 is 5.41 Å². The number of Topliss-reactive ketones (excluding diaryl/α,β-unsaturated/α-hetero) is 1. The van der Waals surface area contributed by atoms with Crippen molar-refractivity contribution in [2.75, 3.05) is 18.4 Å². The van der Waals surface area contributed by atoms with Gasteiger partial charge >= 0.3 is 0 Å². The maximum absolute atomic E-state index is 12.5. The lowest BCUT2D eigenvalue weighted by atomic mass is 9.72. The van der Waals surface area contributed by atoms with E-state index in [0.29, 0.717) is 49.0 Å².